The molecule has 0 atom stereocenters. The Morgan fingerprint density at radius 2 is 1.62 bits per heavy atom. The standard InChI is InChI=1S/C21H26BrN3O3S/c1-2-23-12-14-24(15-13-23)21(26)17-25(16-18-6-4-3-5-7-18)29(27,28)20-10-8-19(22)9-11-20/h3-11H,2,12-17H2,1H3. The third-order valence-corrected chi connectivity index (χ3v) is 7.47. The summed E-state index contributed by atoms with van der Waals surface area (Å²) in [5, 5.41) is 0. The van der Waals surface area contributed by atoms with E-state index in [9.17, 15) is 13.2 Å². The molecule has 0 aromatic heterocycles. The molecule has 1 saturated heterocycles. The van der Waals surface area contributed by atoms with E-state index in [1.54, 1.807) is 29.2 Å². The van der Waals surface area contributed by atoms with Crippen molar-refractivity contribution in [2.24, 2.45) is 0 Å². The van der Waals surface area contributed by atoms with E-state index in [4.69, 9.17) is 0 Å². The zero-order valence-corrected chi connectivity index (χ0v) is 18.9. The molecule has 0 saturated carbocycles. The van der Waals surface area contributed by atoms with Gasteiger partial charge in [0.05, 0.1) is 11.4 Å². The van der Waals surface area contributed by atoms with E-state index in [1.165, 1.54) is 4.31 Å². The van der Waals surface area contributed by atoms with E-state index in [2.05, 4.69) is 27.8 Å². The lowest BCUT2D eigenvalue weighted by molar-refractivity contribution is -0.133. The maximum absolute atomic E-state index is 13.3. The second kappa shape index (κ2) is 9.84. The zero-order chi connectivity index (χ0) is 20.9. The van der Waals surface area contributed by atoms with Gasteiger partial charge in [0, 0.05) is 37.2 Å². The molecular weight excluding hydrogens is 454 g/mol. The quantitative estimate of drug-likeness (QED) is 0.612. The van der Waals surface area contributed by atoms with Crippen LogP contribution in [0.2, 0.25) is 0 Å². The lowest BCUT2D eigenvalue weighted by atomic mass is 10.2. The topological polar surface area (TPSA) is 60.9 Å². The molecule has 0 radical (unpaired) electrons. The van der Waals surface area contributed by atoms with Crippen LogP contribution in [0.4, 0.5) is 0 Å². The Balaban J connectivity index is 1.81. The van der Waals surface area contributed by atoms with Gasteiger partial charge in [0.2, 0.25) is 15.9 Å². The van der Waals surface area contributed by atoms with E-state index in [0.29, 0.717) is 13.1 Å². The molecule has 1 amide bonds. The van der Waals surface area contributed by atoms with Crippen molar-refractivity contribution in [3.05, 3.63) is 64.6 Å². The van der Waals surface area contributed by atoms with Crippen molar-refractivity contribution in [2.45, 2.75) is 18.4 Å². The van der Waals surface area contributed by atoms with Crippen molar-refractivity contribution >= 4 is 31.9 Å². The van der Waals surface area contributed by atoms with Crippen LogP contribution < -0.4 is 0 Å². The maximum atomic E-state index is 13.3. The maximum Gasteiger partial charge on any atom is 0.243 e. The summed E-state index contributed by atoms with van der Waals surface area (Å²) in [6.07, 6.45) is 0. The van der Waals surface area contributed by atoms with Gasteiger partial charge in [0.1, 0.15) is 0 Å². The smallest absolute Gasteiger partial charge is 0.243 e. The van der Waals surface area contributed by atoms with Gasteiger partial charge in [-0.3, -0.25) is 4.79 Å². The van der Waals surface area contributed by atoms with Crippen LogP contribution in [0.5, 0.6) is 0 Å². The van der Waals surface area contributed by atoms with Gasteiger partial charge >= 0.3 is 0 Å². The number of hydrogen-bond donors (Lipinski definition) is 0. The first-order chi connectivity index (χ1) is 13.9. The minimum atomic E-state index is -3.81. The number of rotatable bonds is 7. The van der Waals surface area contributed by atoms with Crippen LogP contribution in [-0.2, 0) is 21.4 Å². The third kappa shape index (κ3) is 5.66. The summed E-state index contributed by atoms with van der Waals surface area (Å²) in [6.45, 7) is 5.94. The molecule has 1 aliphatic rings. The first kappa shape index (κ1) is 22.0. The fourth-order valence-corrected chi connectivity index (χ4v) is 4.97. The number of benzene rings is 2. The van der Waals surface area contributed by atoms with Crippen molar-refractivity contribution in [3.63, 3.8) is 0 Å². The van der Waals surface area contributed by atoms with E-state index >= 15 is 0 Å². The molecule has 2 aromatic carbocycles. The number of hydrogen-bond acceptors (Lipinski definition) is 4. The van der Waals surface area contributed by atoms with Gasteiger partial charge in [-0.2, -0.15) is 4.31 Å². The predicted molar refractivity (Wildman–Crippen MR) is 117 cm³/mol. The predicted octanol–water partition coefficient (Wildman–Crippen LogP) is 2.80. The Labute approximate surface area is 181 Å². The molecule has 6 nitrogen and oxygen atoms in total. The van der Waals surface area contributed by atoms with Crippen molar-refractivity contribution in [2.75, 3.05) is 39.3 Å². The molecule has 1 fully saturated rings. The molecule has 8 heteroatoms. The van der Waals surface area contributed by atoms with Gasteiger partial charge < -0.3 is 9.80 Å². The number of amides is 1. The molecule has 3 rings (SSSR count). The van der Waals surface area contributed by atoms with Crippen LogP contribution in [0.15, 0.2) is 64.0 Å². The minimum absolute atomic E-state index is 0.153. The zero-order valence-electron chi connectivity index (χ0n) is 16.5. The highest BCUT2D eigenvalue weighted by molar-refractivity contribution is 9.10. The molecule has 1 heterocycles. The average Bonchev–Trinajstić information content (AvgIpc) is 2.74. The fourth-order valence-electron chi connectivity index (χ4n) is 3.33. The highest BCUT2D eigenvalue weighted by Crippen LogP contribution is 2.21. The van der Waals surface area contributed by atoms with Gasteiger partial charge in [0.25, 0.3) is 0 Å². The van der Waals surface area contributed by atoms with Crippen LogP contribution in [0.3, 0.4) is 0 Å². The van der Waals surface area contributed by atoms with E-state index < -0.39 is 10.0 Å². The van der Waals surface area contributed by atoms with Crippen molar-refractivity contribution < 1.29 is 13.2 Å². The molecule has 1 aliphatic heterocycles. The largest absolute Gasteiger partial charge is 0.339 e. The second-order valence-electron chi connectivity index (χ2n) is 7.03. The third-order valence-electron chi connectivity index (χ3n) is 5.14. The summed E-state index contributed by atoms with van der Waals surface area (Å²) in [6, 6.07) is 15.9. The van der Waals surface area contributed by atoms with E-state index in [-0.39, 0.29) is 23.9 Å². The summed E-state index contributed by atoms with van der Waals surface area (Å²) < 4.78 is 28.7. The Hall–Kier alpha value is -1.74. The van der Waals surface area contributed by atoms with E-state index in [1.807, 2.05) is 30.3 Å². The minimum Gasteiger partial charge on any atom is -0.339 e. The van der Waals surface area contributed by atoms with Gasteiger partial charge in [-0.15, -0.1) is 0 Å². The Morgan fingerprint density at radius 3 is 2.21 bits per heavy atom. The second-order valence-corrected chi connectivity index (χ2v) is 9.88. The van der Waals surface area contributed by atoms with Crippen LogP contribution in [0.1, 0.15) is 12.5 Å². The summed E-state index contributed by atoms with van der Waals surface area (Å²) in [4.78, 5) is 17.1. The molecule has 156 valence electrons. The first-order valence-corrected chi connectivity index (χ1v) is 11.9. The number of halogens is 1. The van der Waals surface area contributed by atoms with Crippen molar-refractivity contribution in [3.8, 4) is 0 Å². The number of likely N-dealkylation sites (N-methyl/N-ethyl adjacent to an activating group) is 1. The molecule has 0 unspecified atom stereocenters. The SMILES string of the molecule is CCN1CCN(C(=O)CN(Cc2ccccc2)S(=O)(=O)c2ccc(Br)cc2)CC1. The molecule has 29 heavy (non-hydrogen) atoms. The number of piperazine rings is 1. The van der Waals surface area contributed by atoms with Gasteiger partial charge in [-0.05, 0) is 36.4 Å². The summed E-state index contributed by atoms with van der Waals surface area (Å²) in [5.74, 6) is -0.155. The summed E-state index contributed by atoms with van der Waals surface area (Å²) in [7, 11) is -3.81. The van der Waals surface area contributed by atoms with Gasteiger partial charge in [-0.25, -0.2) is 8.42 Å². The number of carbonyl (C=O) groups excluding carboxylic acids is 1. The monoisotopic (exact) mass is 479 g/mol. The molecule has 0 N–H and O–H groups in total. The average molecular weight is 480 g/mol. The lowest BCUT2D eigenvalue weighted by Gasteiger charge is -2.35. The molecule has 0 bridgehead atoms. The molecular formula is C21H26BrN3O3S. The van der Waals surface area contributed by atoms with Crippen LogP contribution in [0, 0.1) is 0 Å². The molecule has 0 spiro atoms. The normalized spacial score (nSPS) is 15.6. The number of nitrogens with zero attached hydrogens (tertiary/aromatic N) is 3. The van der Waals surface area contributed by atoms with Gasteiger partial charge in [0.15, 0.2) is 0 Å². The van der Waals surface area contributed by atoms with Crippen LogP contribution >= 0.6 is 15.9 Å². The van der Waals surface area contributed by atoms with E-state index in [0.717, 1.165) is 29.7 Å². The summed E-state index contributed by atoms with van der Waals surface area (Å²) >= 11 is 3.33. The Bertz CT molecular complexity index is 912. The first-order valence-electron chi connectivity index (χ1n) is 9.70. The Kier molecular flexibility index (Phi) is 7.45. The molecule has 2 aromatic rings. The van der Waals surface area contributed by atoms with Crippen molar-refractivity contribution in [1.29, 1.82) is 0 Å². The number of sulfonamides is 1. The van der Waals surface area contributed by atoms with Crippen LogP contribution in [0.25, 0.3) is 0 Å². The lowest BCUT2D eigenvalue weighted by Crippen LogP contribution is -2.51. The number of carbonyl (C=O) groups is 1. The fraction of sp³-hybridized carbons (Fsp3) is 0.381. The highest BCUT2D eigenvalue weighted by Gasteiger charge is 2.29. The highest BCUT2D eigenvalue weighted by atomic mass is 79.9. The van der Waals surface area contributed by atoms with Crippen molar-refractivity contribution in [1.82, 2.24) is 14.1 Å². The Morgan fingerprint density at radius 1 is 1.00 bits per heavy atom. The van der Waals surface area contributed by atoms with Crippen LogP contribution in [-0.4, -0.2) is 67.7 Å². The molecule has 0 aliphatic carbocycles. The van der Waals surface area contributed by atoms with Gasteiger partial charge in [-0.1, -0.05) is 53.2 Å². The summed E-state index contributed by atoms with van der Waals surface area (Å²) in [5.41, 5.74) is 0.844.